The molecule has 0 spiro atoms. The van der Waals surface area contributed by atoms with Crippen LogP contribution in [0, 0.1) is 0 Å². The van der Waals surface area contributed by atoms with Gasteiger partial charge in [-0.3, -0.25) is 14.9 Å². The van der Waals surface area contributed by atoms with Gasteiger partial charge in [-0.2, -0.15) is 0 Å². The van der Waals surface area contributed by atoms with Crippen LogP contribution < -0.4 is 20.3 Å². The summed E-state index contributed by atoms with van der Waals surface area (Å²) in [6, 6.07) is 22.0. The summed E-state index contributed by atoms with van der Waals surface area (Å²) >= 11 is 11.5. The molecule has 1 aliphatic rings. The van der Waals surface area contributed by atoms with E-state index in [-0.39, 0.29) is 16.9 Å². The molecule has 0 saturated carbocycles. The molecule has 0 bridgehead atoms. The fourth-order valence-corrected chi connectivity index (χ4v) is 4.86. The molecule has 1 aromatic heterocycles. The van der Waals surface area contributed by atoms with Gasteiger partial charge >= 0.3 is 0 Å². The van der Waals surface area contributed by atoms with E-state index in [1.165, 1.54) is 0 Å². The quantitative estimate of drug-likeness (QED) is 0.297. The number of nitrogens with zero attached hydrogens (tertiary/aromatic N) is 2. The highest BCUT2D eigenvalue weighted by Crippen LogP contribution is 2.26. The first-order valence-electron chi connectivity index (χ1n) is 12.6. The molecule has 3 aromatic carbocycles. The molecule has 0 unspecified atom stereocenters. The number of rotatable bonds is 6. The van der Waals surface area contributed by atoms with Gasteiger partial charge in [-0.25, -0.2) is 0 Å². The average Bonchev–Trinajstić information content (AvgIpc) is 3.39. The van der Waals surface area contributed by atoms with Crippen LogP contribution in [0.2, 0.25) is 5.02 Å². The second-order valence-electron chi connectivity index (χ2n) is 8.96. The number of fused-ring (bicyclic) bond motifs is 1. The number of para-hydroxylation sites is 1. The molecule has 2 N–H and O–H groups in total. The first-order chi connectivity index (χ1) is 18.9. The maximum Gasteiger partial charge on any atom is 0.289 e. The highest BCUT2D eigenvalue weighted by molar-refractivity contribution is 7.80. The van der Waals surface area contributed by atoms with Gasteiger partial charge in [0.05, 0.1) is 11.6 Å². The summed E-state index contributed by atoms with van der Waals surface area (Å²) in [5.74, 6) is 0.432. The Kier molecular flexibility index (Phi) is 7.99. The molecule has 1 saturated heterocycles. The Morgan fingerprint density at radius 3 is 2.44 bits per heavy atom. The van der Waals surface area contributed by atoms with Crippen molar-refractivity contribution >= 4 is 63.1 Å². The molecule has 0 atom stereocenters. The molecule has 2 amide bonds. The number of anilines is 2. The number of thiocarbonyl (C=S) groups is 1. The molecule has 1 fully saturated rings. The van der Waals surface area contributed by atoms with Crippen molar-refractivity contribution in [2.45, 2.75) is 6.92 Å². The van der Waals surface area contributed by atoms with Gasteiger partial charge in [-0.1, -0.05) is 29.8 Å². The van der Waals surface area contributed by atoms with Gasteiger partial charge in [-0.15, -0.1) is 0 Å². The Morgan fingerprint density at radius 2 is 1.74 bits per heavy atom. The lowest BCUT2D eigenvalue weighted by Crippen LogP contribution is -2.48. The number of hydrogen-bond donors (Lipinski definition) is 2. The van der Waals surface area contributed by atoms with Crippen molar-refractivity contribution in [1.29, 1.82) is 0 Å². The number of nitrogens with one attached hydrogen (secondary N) is 2. The van der Waals surface area contributed by atoms with Crippen LogP contribution in [0.25, 0.3) is 11.0 Å². The normalized spacial score (nSPS) is 13.3. The number of amides is 2. The standard InChI is InChI=1S/C29H27ClN4O4S/c1-2-37-25-12-7-20(17-23(25)30)27(35)32-29(39)31-21-8-10-22(11-9-21)33-13-15-34(16-14-33)28(36)26-18-19-5-3-4-6-24(19)38-26/h3-12,17-18H,2,13-16H2,1H3,(H2,31,32,35,39). The molecule has 0 radical (unpaired) electrons. The van der Waals surface area contributed by atoms with Crippen LogP contribution >= 0.6 is 23.8 Å². The fourth-order valence-electron chi connectivity index (χ4n) is 4.42. The lowest BCUT2D eigenvalue weighted by Gasteiger charge is -2.35. The molecule has 5 rings (SSSR count). The summed E-state index contributed by atoms with van der Waals surface area (Å²) in [6.45, 7) is 4.96. The van der Waals surface area contributed by atoms with E-state index < -0.39 is 0 Å². The highest BCUT2D eigenvalue weighted by Gasteiger charge is 2.24. The number of furan rings is 1. The van der Waals surface area contributed by atoms with Crippen molar-refractivity contribution in [3.8, 4) is 5.75 Å². The maximum atomic E-state index is 12.9. The number of hydrogen-bond acceptors (Lipinski definition) is 6. The number of benzene rings is 3. The van der Waals surface area contributed by atoms with Gasteiger partial charge in [0.1, 0.15) is 11.3 Å². The van der Waals surface area contributed by atoms with Gasteiger partial charge < -0.3 is 24.3 Å². The lowest BCUT2D eigenvalue weighted by atomic mass is 10.2. The molecule has 200 valence electrons. The zero-order valence-electron chi connectivity index (χ0n) is 21.3. The van der Waals surface area contributed by atoms with Crippen LogP contribution in [-0.4, -0.2) is 54.6 Å². The Bertz CT molecular complexity index is 1480. The summed E-state index contributed by atoms with van der Waals surface area (Å²) in [5.41, 5.74) is 2.87. The maximum absolute atomic E-state index is 12.9. The van der Waals surface area contributed by atoms with Crippen LogP contribution in [0.3, 0.4) is 0 Å². The van der Waals surface area contributed by atoms with E-state index >= 15 is 0 Å². The second kappa shape index (κ2) is 11.8. The summed E-state index contributed by atoms with van der Waals surface area (Å²) in [7, 11) is 0. The molecule has 4 aromatic rings. The zero-order valence-corrected chi connectivity index (χ0v) is 22.8. The third-order valence-electron chi connectivity index (χ3n) is 6.41. The molecule has 8 nitrogen and oxygen atoms in total. The topological polar surface area (TPSA) is 87.0 Å². The molecule has 1 aliphatic heterocycles. The minimum absolute atomic E-state index is 0.0894. The van der Waals surface area contributed by atoms with E-state index in [4.69, 9.17) is 33.0 Å². The summed E-state index contributed by atoms with van der Waals surface area (Å²) in [5, 5.41) is 7.16. The fraction of sp³-hybridized carbons (Fsp3) is 0.207. The van der Waals surface area contributed by atoms with Crippen LogP contribution in [-0.2, 0) is 0 Å². The predicted molar refractivity (Wildman–Crippen MR) is 157 cm³/mol. The van der Waals surface area contributed by atoms with Crippen LogP contribution in [0.1, 0.15) is 27.8 Å². The zero-order chi connectivity index (χ0) is 27.4. The molecular formula is C29H27ClN4O4S. The molecule has 0 aliphatic carbocycles. The average molecular weight is 563 g/mol. The van der Waals surface area contributed by atoms with Crippen LogP contribution in [0.5, 0.6) is 5.75 Å². The van der Waals surface area contributed by atoms with E-state index in [1.54, 1.807) is 24.3 Å². The Labute approximate surface area is 236 Å². The minimum Gasteiger partial charge on any atom is -0.492 e. The molecule has 10 heteroatoms. The molecule has 2 heterocycles. The monoisotopic (exact) mass is 562 g/mol. The number of piperazine rings is 1. The van der Waals surface area contributed by atoms with Crippen molar-refractivity contribution in [1.82, 2.24) is 10.2 Å². The number of carbonyl (C=O) groups is 2. The lowest BCUT2D eigenvalue weighted by molar-refractivity contribution is 0.0717. The molecule has 39 heavy (non-hydrogen) atoms. The Balaban J connectivity index is 1.12. The smallest absolute Gasteiger partial charge is 0.289 e. The summed E-state index contributed by atoms with van der Waals surface area (Å²) in [6.07, 6.45) is 0. The first-order valence-corrected chi connectivity index (χ1v) is 13.4. The molecular weight excluding hydrogens is 536 g/mol. The van der Waals surface area contributed by atoms with Crippen molar-refractivity contribution in [3.05, 3.63) is 89.1 Å². The van der Waals surface area contributed by atoms with Gasteiger partial charge in [-0.05, 0) is 73.7 Å². The van der Waals surface area contributed by atoms with Gasteiger partial charge in [0.2, 0.25) is 0 Å². The SMILES string of the molecule is CCOc1ccc(C(=O)NC(=S)Nc2ccc(N3CCN(C(=O)c4cc5ccccc5o4)CC3)cc2)cc1Cl. The first kappa shape index (κ1) is 26.5. The van der Waals surface area contributed by atoms with Crippen LogP contribution in [0.4, 0.5) is 11.4 Å². The second-order valence-corrected chi connectivity index (χ2v) is 9.78. The third-order valence-corrected chi connectivity index (χ3v) is 6.91. The van der Waals surface area contributed by atoms with Crippen LogP contribution in [0.15, 0.2) is 77.2 Å². The van der Waals surface area contributed by atoms with Crippen molar-refractivity contribution < 1.29 is 18.7 Å². The number of carbonyl (C=O) groups excluding carboxylic acids is 2. The van der Waals surface area contributed by atoms with E-state index in [0.29, 0.717) is 60.5 Å². The Morgan fingerprint density at radius 1 is 1.00 bits per heavy atom. The van der Waals surface area contributed by atoms with Crippen molar-refractivity contribution in [2.75, 3.05) is 43.0 Å². The Hall–Kier alpha value is -4.08. The van der Waals surface area contributed by atoms with Gasteiger partial charge in [0, 0.05) is 48.5 Å². The largest absolute Gasteiger partial charge is 0.492 e. The highest BCUT2D eigenvalue weighted by atomic mass is 35.5. The third kappa shape index (κ3) is 6.16. The van der Waals surface area contributed by atoms with E-state index in [0.717, 1.165) is 16.8 Å². The minimum atomic E-state index is -0.371. The van der Waals surface area contributed by atoms with Crippen molar-refractivity contribution in [2.24, 2.45) is 0 Å². The van der Waals surface area contributed by atoms with Gasteiger partial charge in [0.25, 0.3) is 11.8 Å². The van der Waals surface area contributed by atoms with Gasteiger partial charge in [0.15, 0.2) is 10.9 Å². The number of halogens is 1. The summed E-state index contributed by atoms with van der Waals surface area (Å²) < 4.78 is 11.2. The predicted octanol–water partition coefficient (Wildman–Crippen LogP) is 5.57. The van der Waals surface area contributed by atoms with Crippen molar-refractivity contribution in [3.63, 3.8) is 0 Å². The van der Waals surface area contributed by atoms with E-state index in [2.05, 4.69) is 15.5 Å². The summed E-state index contributed by atoms with van der Waals surface area (Å²) in [4.78, 5) is 29.5. The number of ether oxygens (including phenoxy) is 1. The van der Waals surface area contributed by atoms with E-state index in [1.807, 2.05) is 60.4 Å². The van der Waals surface area contributed by atoms with E-state index in [9.17, 15) is 9.59 Å².